The van der Waals surface area contributed by atoms with E-state index < -0.39 is 17.5 Å². The minimum absolute atomic E-state index is 0.444. The second kappa shape index (κ2) is 4.58. The Hall–Kier alpha value is -0.480. The van der Waals surface area contributed by atoms with Crippen LogP contribution in [0.2, 0.25) is 0 Å². The Morgan fingerprint density at radius 2 is 1.87 bits per heavy atom. The van der Waals surface area contributed by atoms with Crippen LogP contribution in [-0.2, 0) is 4.79 Å². The molecule has 0 bridgehead atoms. The summed E-state index contributed by atoms with van der Waals surface area (Å²) in [4.78, 5) is 23.0. The lowest BCUT2D eigenvalue weighted by molar-refractivity contribution is -0.128. The molecule has 0 spiro atoms. The molecule has 1 fully saturated rings. The molecule has 86 valence electrons. The molecule has 4 nitrogen and oxygen atoms in total. The summed E-state index contributed by atoms with van der Waals surface area (Å²) in [6.07, 6.45) is 3.44. The van der Waals surface area contributed by atoms with E-state index >= 15 is 0 Å². The van der Waals surface area contributed by atoms with Gasteiger partial charge in [0.2, 0.25) is 0 Å². The van der Waals surface area contributed by atoms with Gasteiger partial charge in [-0.1, -0.05) is 26.2 Å². The Balaban J connectivity index is 2.74. The predicted molar refractivity (Wildman–Crippen MR) is 58.3 cm³/mol. The smallest absolute Gasteiger partial charge is 0.270 e. The second-order valence-electron chi connectivity index (χ2n) is 3.88. The highest BCUT2D eigenvalue weighted by Gasteiger charge is 2.53. The fourth-order valence-corrected chi connectivity index (χ4v) is 2.12. The van der Waals surface area contributed by atoms with Gasteiger partial charge in [0, 0.05) is 23.6 Å². The van der Waals surface area contributed by atoms with Crippen molar-refractivity contribution in [3.05, 3.63) is 0 Å². The number of unbranched alkanes of at least 4 members (excludes halogenated alkanes) is 2. The van der Waals surface area contributed by atoms with Gasteiger partial charge in [0.15, 0.2) is 0 Å². The van der Waals surface area contributed by atoms with E-state index in [0.29, 0.717) is 10.8 Å². The molecule has 1 unspecified atom stereocenters. The summed E-state index contributed by atoms with van der Waals surface area (Å²) >= 11 is 11.3. The first-order valence-electron chi connectivity index (χ1n) is 4.95. The Bertz CT molecular complexity index is 285. The predicted octanol–water partition coefficient (Wildman–Crippen LogP) is 2.90. The highest BCUT2D eigenvalue weighted by atomic mass is 35.5. The molecule has 1 aliphatic rings. The quantitative estimate of drug-likeness (QED) is 0.439. The standard InChI is InChI=1S/C9H14Cl2N2O2/c1-3-4-5-6-9(2)7(14)12(10)8(15)13(9)11/h3-6H2,1-2H3. The Morgan fingerprint density at radius 3 is 2.27 bits per heavy atom. The van der Waals surface area contributed by atoms with Gasteiger partial charge in [-0.05, 0) is 13.3 Å². The zero-order chi connectivity index (χ0) is 11.6. The molecule has 1 atom stereocenters. The van der Waals surface area contributed by atoms with Gasteiger partial charge in [0.05, 0.1) is 0 Å². The molecule has 6 heteroatoms. The lowest BCUT2D eigenvalue weighted by Gasteiger charge is -2.25. The van der Waals surface area contributed by atoms with Crippen LogP contribution in [0.15, 0.2) is 0 Å². The van der Waals surface area contributed by atoms with Crippen LogP contribution in [0.1, 0.15) is 39.5 Å². The van der Waals surface area contributed by atoms with Crippen molar-refractivity contribution in [2.75, 3.05) is 0 Å². The average molecular weight is 253 g/mol. The third-order valence-corrected chi connectivity index (χ3v) is 3.49. The molecule has 0 aliphatic carbocycles. The number of carbonyl (C=O) groups excluding carboxylic acids is 2. The zero-order valence-electron chi connectivity index (χ0n) is 8.80. The molecule has 0 aromatic rings. The summed E-state index contributed by atoms with van der Waals surface area (Å²) in [6, 6.07) is -0.665. The molecule has 1 aliphatic heterocycles. The van der Waals surface area contributed by atoms with E-state index in [-0.39, 0.29) is 0 Å². The van der Waals surface area contributed by atoms with Gasteiger partial charge < -0.3 is 0 Å². The number of imide groups is 1. The first-order chi connectivity index (χ1) is 6.95. The van der Waals surface area contributed by atoms with Gasteiger partial charge in [-0.15, -0.1) is 0 Å². The van der Waals surface area contributed by atoms with Crippen molar-refractivity contribution in [2.24, 2.45) is 0 Å². The van der Waals surface area contributed by atoms with Crippen molar-refractivity contribution in [1.82, 2.24) is 8.84 Å². The van der Waals surface area contributed by atoms with Gasteiger partial charge in [-0.2, -0.15) is 4.42 Å². The number of hydrogen-bond acceptors (Lipinski definition) is 2. The number of carbonyl (C=O) groups is 2. The summed E-state index contributed by atoms with van der Waals surface area (Å²) in [5, 5.41) is 0. The average Bonchev–Trinajstić information content (AvgIpc) is 2.36. The lowest BCUT2D eigenvalue weighted by atomic mass is 9.95. The topological polar surface area (TPSA) is 40.6 Å². The fraction of sp³-hybridized carbons (Fsp3) is 0.778. The SMILES string of the molecule is CCCCCC1(C)C(=O)N(Cl)C(=O)N1Cl. The Morgan fingerprint density at radius 1 is 1.27 bits per heavy atom. The number of amides is 3. The van der Waals surface area contributed by atoms with Gasteiger partial charge >= 0.3 is 6.03 Å². The van der Waals surface area contributed by atoms with Crippen LogP contribution in [0.5, 0.6) is 0 Å². The van der Waals surface area contributed by atoms with Gasteiger partial charge in [0.25, 0.3) is 5.91 Å². The Kier molecular flexibility index (Phi) is 3.84. The van der Waals surface area contributed by atoms with Crippen molar-refractivity contribution >= 4 is 35.5 Å². The van der Waals surface area contributed by atoms with E-state index in [2.05, 4.69) is 6.92 Å². The van der Waals surface area contributed by atoms with E-state index in [1.54, 1.807) is 6.92 Å². The maximum absolute atomic E-state index is 11.7. The van der Waals surface area contributed by atoms with Crippen LogP contribution in [0.3, 0.4) is 0 Å². The third-order valence-electron chi connectivity index (χ3n) is 2.68. The van der Waals surface area contributed by atoms with Crippen LogP contribution < -0.4 is 0 Å². The number of rotatable bonds is 4. The van der Waals surface area contributed by atoms with Gasteiger partial charge in [-0.3, -0.25) is 4.79 Å². The number of hydrogen-bond donors (Lipinski definition) is 0. The second-order valence-corrected chi connectivity index (χ2v) is 4.56. The van der Waals surface area contributed by atoms with Crippen molar-refractivity contribution < 1.29 is 9.59 Å². The summed E-state index contributed by atoms with van der Waals surface area (Å²) in [7, 11) is 0. The lowest BCUT2D eigenvalue weighted by Crippen LogP contribution is -2.41. The van der Waals surface area contributed by atoms with Crippen LogP contribution >= 0.6 is 23.6 Å². The number of halogens is 2. The number of nitrogens with zero attached hydrogens (tertiary/aromatic N) is 2. The van der Waals surface area contributed by atoms with Crippen LogP contribution in [-0.4, -0.2) is 26.3 Å². The maximum Gasteiger partial charge on any atom is 0.357 e. The van der Waals surface area contributed by atoms with Crippen molar-refractivity contribution in [1.29, 1.82) is 0 Å². The third kappa shape index (κ3) is 2.06. The molecule has 1 rings (SSSR count). The summed E-state index contributed by atoms with van der Waals surface area (Å²) in [5.74, 6) is -0.444. The molecule has 15 heavy (non-hydrogen) atoms. The molecule has 1 heterocycles. The van der Waals surface area contributed by atoms with E-state index in [9.17, 15) is 9.59 Å². The molecular weight excluding hydrogens is 239 g/mol. The Labute approximate surface area is 99.3 Å². The fourth-order valence-electron chi connectivity index (χ4n) is 1.59. The molecule has 0 aromatic heterocycles. The number of urea groups is 1. The minimum atomic E-state index is -0.991. The highest BCUT2D eigenvalue weighted by Crippen LogP contribution is 2.35. The minimum Gasteiger partial charge on any atom is -0.270 e. The van der Waals surface area contributed by atoms with Crippen LogP contribution in [0.25, 0.3) is 0 Å². The first kappa shape index (κ1) is 12.6. The van der Waals surface area contributed by atoms with E-state index in [1.165, 1.54) is 0 Å². The van der Waals surface area contributed by atoms with E-state index in [0.717, 1.165) is 23.7 Å². The molecule has 0 radical (unpaired) electrons. The molecular formula is C9H14Cl2N2O2. The monoisotopic (exact) mass is 252 g/mol. The van der Waals surface area contributed by atoms with E-state index in [1.807, 2.05) is 0 Å². The summed E-state index contributed by atoms with van der Waals surface area (Å²) in [6.45, 7) is 3.70. The van der Waals surface area contributed by atoms with E-state index in [4.69, 9.17) is 23.6 Å². The van der Waals surface area contributed by atoms with Gasteiger partial charge in [-0.25, -0.2) is 9.21 Å². The molecule has 0 N–H and O–H groups in total. The van der Waals surface area contributed by atoms with Crippen LogP contribution in [0.4, 0.5) is 4.79 Å². The maximum atomic E-state index is 11.7. The normalized spacial score (nSPS) is 26.7. The first-order valence-corrected chi connectivity index (χ1v) is 5.63. The van der Waals surface area contributed by atoms with Crippen LogP contribution in [0, 0.1) is 0 Å². The van der Waals surface area contributed by atoms with Crippen molar-refractivity contribution in [3.63, 3.8) is 0 Å². The molecule has 0 saturated carbocycles. The zero-order valence-corrected chi connectivity index (χ0v) is 10.3. The molecule has 0 aromatic carbocycles. The molecule has 3 amide bonds. The van der Waals surface area contributed by atoms with Crippen molar-refractivity contribution in [2.45, 2.75) is 45.1 Å². The largest absolute Gasteiger partial charge is 0.357 e. The summed E-state index contributed by atoms with van der Waals surface area (Å²) in [5.41, 5.74) is -0.991. The van der Waals surface area contributed by atoms with Crippen molar-refractivity contribution in [3.8, 4) is 0 Å². The molecule has 1 saturated heterocycles. The summed E-state index contributed by atoms with van der Waals surface area (Å²) < 4.78 is 1.46. The highest BCUT2D eigenvalue weighted by molar-refractivity contribution is 6.39. The van der Waals surface area contributed by atoms with Gasteiger partial charge in [0.1, 0.15) is 5.54 Å².